The van der Waals surface area contributed by atoms with Gasteiger partial charge in [0.25, 0.3) is 0 Å². The van der Waals surface area contributed by atoms with Gasteiger partial charge in [0.05, 0.1) is 25.7 Å². The van der Waals surface area contributed by atoms with Crippen LogP contribution in [0.3, 0.4) is 0 Å². The van der Waals surface area contributed by atoms with E-state index in [-0.39, 0.29) is 5.82 Å². The standard InChI is InChI=1S/C26H22FNO5S/c1-4-32-22-13-23-19(20(14-33-23)16-5-7-17(27)8-6-16)12-18(22)15(2)11-24(29)28-21-9-10-34-25(21)26(30)31-3/h5-14H,4H2,1-3H3,(H,28,29)/b15-11+. The van der Waals surface area contributed by atoms with Gasteiger partial charge in [-0.15, -0.1) is 11.3 Å². The van der Waals surface area contributed by atoms with Gasteiger partial charge in [-0.1, -0.05) is 12.1 Å². The molecule has 1 N–H and O–H groups in total. The number of halogens is 1. The highest BCUT2D eigenvalue weighted by atomic mass is 32.1. The molecule has 0 aliphatic heterocycles. The molecule has 0 bridgehead atoms. The third-order valence-corrected chi connectivity index (χ3v) is 6.09. The maximum Gasteiger partial charge on any atom is 0.350 e. The molecule has 0 unspecified atom stereocenters. The van der Waals surface area contributed by atoms with Gasteiger partial charge in [0.2, 0.25) is 5.91 Å². The fourth-order valence-corrected chi connectivity index (χ4v) is 4.36. The van der Waals surface area contributed by atoms with Gasteiger partial charge in [-0.2, -0.15) is 0 Å². The Balaban J connectivity index is 1.70. The minimum atomic E-state index is -0.511. The minimum Gasteiger partial charge on any atom is -0.493 e. The lowest BCUT2D eigenvalue weighted by molar-refractivity contribution is -0.111. The van der Waals surface area contributed by atoms with Gasteiger partial charge in [0.15, 0.2) is 0 Å². The van der Waals surface area contributed by atoms with Gasteiger partial charge in [-0.05, 0) is 54.6 Å². The molecule has 2 aromatic heterocycles. The summed E-state index contributed by atoms with van der Waals surface area (Å²) in [5, 5.41) is 5.25. The average molecular weight is 480 g/mol. The zero-order valence-corrected chi connectivity index (χ0v) is 19.6. The number of carbonyl (C=O) groups excluding carboxylic acids is 2. The topological polar surface area (TPSA) is 77.8 Å². The predicted octanol–water partition coefficient (Wildman–Crippen LogP) is 6.53. The largest absolute Gasteiger partial charge is 0.493 e. The Bertz CT molecular complexity index is 1380. The van der Waals surface area contributed by atoms with E-state index in [1.807, 2.05) is 13.0 Å². The summed E-state index contributed by atoms with van der Waals surface area (Å²) in [7, 11) is 1.29. The van der Waals surface area contributed by atoms with Crippen molar-refractivity contribution in [2.24, 2.45) is 0 Å². The summed E-state index contributed by atoms with van der Waals surface area (Å²) in [5.41, 5.74) is 3.99. The number of anilines is 1. The first-order valence-electron chi connectivity index (χ1n) is 10.5. The first kappa shape index (κ1) is 23.3. The Kier molecular flexibility index (Phi) is 6.79. The number of hydrogen-bond donors (Lipinski definition) is 1. The normalized spacial score (nSPS) is 11.5. The molecule has 0 aliphatic rings. The van der Waals surface area contributed by atoms with E-state index in [1.54, 1.807) is 42.8 Å². The molecule has 1 amide bonds. The van der Waals surface area contributed by atoms with Crippen LogP contribution in [-0.4, -0.2) is 25.6 Å². The lowest BCUT2D eigenvalue weighted by Gasteiger charge is -2.12. The Labute approximate surface area is 199 Å². The van der Waals surface area contributed by atoms with Crippen LogP contribution in [0.15, 0.2) is 64.6 Å². The second kappa shape index (κ2) is 9.93. The van der Waals surface area contributed by atoms with Gasteiger partial charge >= 0.3 is 5.97 Å². The van der Waals surface area contributed by atoms with Crippen LogP contribution in [-0.2, 0) is 9.53 Å². The summed E-state index contributed by atoms with van der Waals surface area (Å²) in [6.45, 7) is 4.10. The smallest absolute Gasteiger partial charge is 0.350 e. The van der Waals surface area contributed by atoms with Crippen molar-refractivity contribution < 1.29 is 27.9 Å². The van der Waals surface area contributed by atoms with Crippen molar-refractivity contribution in [3.63, 3.8) is 0 Å². The Hall–Kier alpha value is -3.91. The van der Waals surface area contributed by atoms with Crippen molar-refractivity contribution in [1.29, 1.82) is 0 Å². The Morgan fingerprint density at radius 3 is 2.65 bits per heavy atom. The van der Waals surface area contributed by atoms with E-state index < -0.39 is 11.9 Å². The number of ether oxygens (including phenoxy) is 2. The number of thiophene rings is 1. The van der Waals surface area contributed by atoms with Gasteiger partial charge in [-0.3, -0.25) is 4.79 Å². The molecule has 2 heterocycles. The molecule has 4 aromatic rings. The van der Waals surface area contributed by atoms with Crippen LogP contribution in [0.4, 0.5) is 10.1 Å². The quantitative estimate of drug-likeness (QED) is 0.241. The summed E-state index contributed by atoms with van der Waals surface area (Å²) in [6, 6.07) is 11.5. The molecule has 0 saturated heterocycles. The number of methoxy groups -OCH3 is 1. The van der Waals surface area contributed by atoms with Gasteiger partial charge in [-0.25, -0.2) is 9.18 Å². The monoisotopic (exact) mass is 479 g/mol. The van der Waals surface area contributed by atoms with Crippen LogP contribution in [0.1, 0.15) is 29.1 Å². The summed E-state index contributed by atoms with van der Waals surface area (Å²) in [5.74, 6) is -0.651. The molecule has 2 aromatic carbocycles. The maximum absolute atomic E-state index is 13.4. The molecule has 4 rings (SSSR count). The molecule has 0 saturated carbocycles. The lowest BCUT2D eigenvalue weighted by atomic mass is 9.99. The first-order valence-corrected chi connectivity index (χ1v) is 11.4. The van der Waals surface area contributed by atoms with Crippen molar-refractivity contribution >= 4 is 45.4 Å². The van der Waals surface area contributed by atoms with Crippen LogP contribution < -0.4 is 10.1 Å². The SMILES string of the molecule is CCOc1cc2occ(-c3ccc(F)cc3)c2cc1/C(C)=C/C(=O)Nc1ccsc1C(=O)OC. The van der Waals surface area contributed by atoms with E-state index >= 15 is 0 Å². The molecule has 0 atom stereocenters. The molecule has 174 valence electrons. The third-order valence-electron chi connectivity index (χ3n) is 5.20. The van der Waals surface area contributed by atoms with Crippen LogP contribution in [0.2, 0.25) is 0 Å². The molecule has 34 heavy (non-hydrogen) atoms. The Morgan fingerprint density at radius 2 is 1.94 bits per heavy atom. The number of benzene rings is 2. The first-order chi connectivity index (χ1) is 16.4. The number of nitrogens with one attached hydrogen (secondary N) is 1. The summed E-state index contributed by atoms with van der Waals surface area (Å²) >= 11 is 1.19. The summed E-state index contributed by atoms with van der Waals surface area (Å²) in [6.07, 6.45) is 3.06. The van der Waals surface area contributed by atoms with E-state index in [0.717, 1.165) is 16.5 Å². The van der Waals surface area contributed by atoms with E-state index in [2.05, 4.69) is 5.32 Å². The maximum atomic E-state index is 13.4. The van der Waals surface area contributed by atoms with E-state index in [4.69, 9.17) is 13.9 Å². The van der Waals surface area contributed by atoms with Crippen LogP contribution >= 0.6 is 11.3 Å². The molecule has 0 radical (unpaired) electrons. The average Bonchev–Trinajstić information content (AvgIpc) is 3.45. The zero-order chi connectivity index (χ0) is 24.2. The van der Waals surface area contributed by atoms with Crippen molar-refractivity contribution in [3.05, 3.63) is 76.4 Å². The number of rotatable bonds is 7. The van der Waals surface area contributed by atoms with Crippen LogP contribution in [0, 0.1) is 5.82 Å². The van der Waals surface area contributed by atoms with Crippen molar-refractivity contribution in [1.82, 2.24) is 0 Å². The van der Waals surface area contributed by atoms with Crippen molar-refractivity contribution in [3.8, 4) is 16.9 Å². The van der Waals surface area contributed by atoms with E-state index in [1.165, 1.54) is 36.7 Å². The predicted molar refractivity (Wildman–Crippen MR) is 131 cm³/mol. The molecule has 0 aliphatic carbocycles. The molecular weight excluding hydrogens is 457 g/mol. The second-order valence-electron chi connectivity index (χ2n) is 7.41. The number of amides is 1. The van der Waals surface area contributed by atoms with E-state index in [0.29, 0.717) is 39.6 Å². The number of esters is 1. The number of furan rings is 1. The lowest BCUT2D eigenvalue weighted by Crippen LogP contribution is -2.11. The molecule has 8 heteroatoms. The molecule has 6 nitrogen and oxygen atoms in total. The summed E-state index contributed by atoms with van der Waals surface area (Å²) < 4.78 is 29.7. The molecular formula is C26H22FNO5S. The third kappa shape index (κ3) is 4.72. The Morgan fingerprint density at radius 1 is 1.18 bits per heavy atom. The highest BCUT2D eigenvalue weighted by Crippen LogP contribution is 2.37. The number of carbonyl (C=O) groups is 2. The summed E-state index contributed by atoms with van der Waals surface area (Å²) in [4.78, 5) is 24.9. The number of fused-ring (bicyclic) bond motifs is 1. The van der Waals surface area contributed by atoms with Crippen molar-refractivity contribution in [2.45, 2.75) is 13.8 Å². The van der Waals surface area contributed by atoms with Gasteiger partial charge in [0.1, 0.15) is 22.0 Å². The van der Waals surface area contributed by atoms with E-state index in [9.17, 15) is 14.0 Å². The van der Waals surface area contributed by atoms with Crippen LogP contribution in [0.25, 0.3) is 27.7 Å². The highest BCUT2D eigenvalue weighted by Gasteiger charge is 2.17. The number of hydrogen-bond acceptors (Lipinski definition) is 6. The van der Waals surface area contributed by atoms with Crippen LogP contribution in [0.5, 0.6) is 5.75 Å². The zero-order valence-electron chi connectivity index (χ0n) is 18.8. The fourth-order valence-electron chi connectivity index (χ4n) is 3.59. The molecule has 0 spiro atoms. The fraction of sp³-hybridized carbons (Fsp3) is 0.154. The van der Waals surface area contributed by atoms with Gasteiger partial charge < -0.3 is 19.2 Å². The van der Waals surface area contributed by atoms with Gasteiger partial charge in [0, 0.05) is 28.7 Å². The minimum absolute atomic E-state index is 0.318. The highest BCUT2D eigenvalue weighted by molar-refractivity contribution is 7.12. The molecule has 0 fully saturated rings. The number of allylic oxidation sites excluding steroid dienone is 1. The second-order valence-corrected chi connectivity index (χ2v) is 8.32. The van der Waals surface area contributed by atoms with Crippen molar-refractivity contribution in [2.75, 3.05) is 19.0 Å².